The monoisotopic (exact) mass is 168 g/mol. The Morgan fingerprint density at radius 1 is 1.58 bits per heavy atom. The molecule has 0 radical (unpaired) electrons. The van der Waals surface area contributed by atoms with Crippen molar-refractivity contribution < 1.29 is 4.39 Å². The van der Waals surface area contributed by atoms with E-state index in [0.717, 1.165) is 12.8 Å². The molecule has 1 heterocycles. The van der Waals surface area contributed by atoms with Crippen molar-refractivity contribution in [3.05, 3.63) is 17.7 Å². The molecule has 1 fully saturated rings. The van der Waals surface area contributed by atoms with E-state index in [-0.39, 0.29) is 11.7 Å². The van der Waals surface area contributed by atoms with Gasteiger partial charge in [0.1, 0.15) is 5.69 Å². The molecule has 0 aliphatic heterocycles. The van der Waals surface area contributed by atoms with Crippen LogP contribution in [0.5, 0.6) is 0 Å². The van der Waals surface area contributed by atoms with Gasteiger partial charge in [0, 0.05) is 5.92 Å². The molecule has 0 unspecified atom stereocenters. The van der Waals surface area contributed by atoms with E-state index in [9.17, 15) is 4.39 Å². The molecule has 1 saturated carbocycles. The first-order chi connectivity index (χ1) is 5.68. The van der Waals surface area contributed by atoms with Crippen LogP contribution in [-0.4, -0.2) is 9.78 Å². The van der Waals surface area contributed by atoms with Gasteiger partial charge in [0.25, 0.3) is 0 Å². The molecule has 0 N–H and O–H groups in total. The van der Waals surface area contributed by atoms with Gasteiger partial charge in [-0.05, 0) is 12.8 Å². The summed E-state index contributed by atoms with van der Waals surface area (Å²) >= 11 is 0. The maximum atomic E-state index is 13.2. The fraction of sp³-hybridized carbons (Fsp3) is 0.667. The lowest BCUT2D eigenvalue weighted by molar-refractivity contribution is 0.597. The predicted octanol–water partition coefficient (Wildman–Crippen LogP) is 2.48. The van der Waals surface area contributed by atoms with Crippen LogP contribution < -0.4 is 0 Å². The summed E-state index contributed by atoms with van der Waals surface area (Å²) in [5.41, 5.74) is 0.599. The molecule has 3 heteroatoms. The maximum Gasteiger partial charge on any atom is 0.164 e. The largest absolute Gasteiger partial charge is 0.266 e. The fourth-order valence-corrected chi connectivity index (χ4v) is 1.30. The first-order valence-electron chi connectivity index (χ1n) is 4.43. The molecular weight excluding hydrogens is 155 g/mol. The number of halogens is 1. The van der Waals surface area contributed by atoms with Crippen LogP contribution in [0.15, 0.2) is 6.20 Å². The molecular formula is C9H13FN2. The Morgan fingerprint density at radius 3 is 2.67 bits per heavy atom. The van der Waals surface area contributed by atoms with Crippen LogP contribution in [0.2, 0.25) is 0 Å². The topological polar surface area (TPSA) is 17.8 Å². The van der Waals surface area contributed by atoms with Crippen molar-refractivity contribution in [1.82, 2.24) is 9.78 Å². The van der Waals surface area contributed by atoms with Crippen molar-refractivity contribution in [3.8, 4) is 0 Å². The molecule has 0 bridgehead atoms. The first-order valence-corrected chi connectivity index (χ1v) is 4.43. The van der Waals surface area contributed by atoms with Crippen LogP contribution in [0.3, 0.4) is 0 Å². The fourth-order valence-electron chi connectivity index (χ4n) is 1.30. The first kappa shape index (κ1) is 7.77. The Labute approximate surface area is 71.4 Å². The predicted molar refractivity (Wildman–Crippen MR) is 44.5 cm³/mol. The van der Waals surface area contributed by atoms with Crippen LogP contribution in [-0.2, 0) is 0 Å². The van der Waals surface area contributed by atoms with Gasteiger partial charge >= 0.3 is 0 Å². The molecule has 0 aromatic carbocycles. The van der Waals surface area contributed by atoms with Crippen molar-refractivity contribution in [2.75, 3.05) is 0 Å². The molecule has 1 aromatic rings. The summed E-state index contributed by atoms with van der Waals surface area (Å²) in [6.45, 7) is 3.92. The third-order valence-corrected chi connectivity index (χ3v) is 2.18. The third kappa shape index (κ3) is 1.24. The summed E-state index contributed by atoms with van der Waals surface area (Å²) in [4.78, 5) is 0. The third-order valence-electron chi connectivity index (χ3n) is 2.18. The van der Waals surface area contributed by atoms with Crippen molar-refractivity contribution in [2.45, 2.75) is 38.6 Å². The van der Waals surface area contributed by atoms with E-state index in [4.69, 9.17) is 0 Å². The van der Waals surface area contributed by atoms with Crippen molar-refractivity contribution in [2.24, 2.45) is 0 Å². The van der Waals surface area contributed by atoms with Crippen molar-refractivity contribution in [1.29, 1.82) is 0 Å². The Bertz CT molecular complexity index is 287. The second-order valence-electron chi connectivity index (χ2n) is 3.73. The van der Waals surface area contributed by atoms with Gasteiger partial charge in [0.2, 0.25) is 0 Å². The van der Waals surface area contributed by atoms with Crippen LogP contribution in [0, 0.1) is 5.82 Å². The van der Waals surface area contributed by atoms with Crippen LogP contribution in [0.4, 0.5) is 4.39 Å². The smallest absolute Gasteiger partial charge is 0.164 e. The Kier molecular flexibility index (Phi) is 1.67. The SMILES string of the molecule is CC(C)c1nn(C2CC2)cc1F. The molecule has 0 amide bonds. The molecule has 2 nitrogen and oxygen atoms in total. The standard InChI is InChI=1S/C9H13FN2/c1-6(2)9-8(10)5-12(11-9)7-3-4-7/h5-7H,3-4H2,1-2H3. The lowest BCUT2D eigenvalue weighted by atomic mass is 10.1. The zero-order valence-corrected chi connectivity index (χ0v) is 7.42. The van der Waals surface area contributed by atoms with E-state index in [0.29, 0.717) is 11.7 Å². The minimum absolute atomic E-state index is 0.156. The van der Waals surface area contributed by atoms with E-state index >= 15 is 0 Å². The minimum atomic E-state index is -0.156. The van der Waals surface area contributed by atoms with Gasteiger partial charge in [-0.15, -0.1) is 0 Å². The normalized spacial score (nSPS) is 17.3. The summed E-state index contributed by atoms with van der Waals surface area (Å²) < 4.78 is 14.9. The summed E-state index contributed by atoms with van der Waals surface area (Å²) in [5, 5.41) is 4.21. The molecule has 2 rings (SSSR count). The van der Waals surface area contributed by atoms with Gasteiger partial charge in [-0.3, -0.25) is 4.68 Å². The van der Waals surface area contributed by atoms with Gasteiger partial charge in [0.05, 0.1) is 12.2 Å². The summed E-state index contributed by atoms with van der Waals surface area (Å²) in [6, 6.07) is 0.479. The zero-order valence-electron chi connectivity index (χ0n) is 7.42. The molecule has 12 heavy (non-hydrogen) atoms. The van der Waals surface area contributed by atoms with Crippen LogP contribution >= 0.6 is 0 Å². The van der Waals surface area contributed by atoms with E-state index in [1.807, 2.05) is 13.8 Å². The summed E-state index contributed by atoms with van der Waals surface area (Å²) in [7, 11) is 0. The molecule has 0 spiro atoms. The second kappa shape index (κ2) is 2.57. The lowest BCUT2D eigenvalue weighted by Gasteiger charge is -1.98. The summed E-state index contributed by atoms with van der Waals surface area (Å²) in [5.74, 6) is 0.0295. The highest BCUT2D eigenvalue weighted by molar-refractivity contribution is 5.08. The van der Waals surface area contributed by atoms with Gasteiger partial charge in [0.15, 0.2) is 5.82 Å². The van der Waals surface area contributed by atoms with Crippen molar-refractivity contribution in [3.63, 3.8) is 0 Å². The Hall–Kier alpha value is -0.860. The van der Waals surface area contributed by atoms with Gasteiger partial charge in [-0.25, -0.2) is 4.39 Å². The van der Waals surface area contributed by atoms with E-state index in [1.165, 1.54) is 6.20 Å². The Morgan fingerprint density at radius 2 is 2.25 bits per heavy atom. The van der Waals surface area contributed by atoms with Crippen LogP contribution in [0.25, 0.3) is 0 Å². The summed E-state index contributed by atoms with van der Waals surface area (Å²) in [6.07, 6.45) is 3.82. The Balaban J connectivity index is 2.30. The van der Waals surface area contributed by atoms with Gasteiger partial charge < -0.3 is 0 Å². The van der Waals surface area contributed by atoms with E-state index < -0.39 is 0 Å². The zero-order chi connectivity index (χ0) is 8.72. The highest BCUT2D eigenvalue weighted by Crippen LogP contribution is 2.35. The maximum absolute atomic E-state index is 13.2. The number of hydrogen-bond donors (Lipinski definition) is 0. The highest BCUT2D eigenvalue weighted by Gasteiger charge is 2.26. The molecule has 0 saturated heterocycles. The number of aromatic nitrogens is 2. The molecule has 66 valence electrons. The average Bonchev–Trinajstić information content (AvgIpc) is 2.75. The lowest BCUT2D eigenvalue weighted by Crippen LogP contribution is -1.96. The van der Waals surface area contributed by atoms with Crippen LogP contribution in [0.1, 0.15) is 44.3 Å². The molecule has 1 aliphatic rings. The van der Waals surface area contributed by atoms with Crippen molar-refractivity contribution >= 4 is 0 Å². The quantitative estimate of drug-likeness (QED) is 0.663. The number of nitrogens with zero attached hydrogens (tertiary/aromatic N) is 2. The molecule has 1 aromatic heterocycles. The molecule has 0 atom stereocenters. The average molecular weight is 168 g/mol. The second-order valence-corrected chi connectivity index (χ2v) is 3.73. The van der Waals surface area contributed by atoms with E-state index in [1.54, 1.807) is 4.68 Å². The number of hydrogen-bond acceptors (Lipinski definition) is 1. The number of rotatable bonds is 2. The van der Waals surface area contributed by atoms with Gasteiger partial charge in [-0.2, -0.15) is 5.10 Å². The minimum Gasteiger partial charge on any atom is -0.266 e. The molecule has 1 aliphatic carbocycles. The highest BCUT2D eigenvalue weighted by atomic mass is 19.1. The van der Waals surface area contributed by atoms with Gasteiger partial charge in [-0.1, -0.05) is 13.8 Å². The van der Waals surface area contributed by atoms with E-state index in [2.05, 4.69) is 5.10 Å².